The average Bonchev–Trinajstić information content (AvgIpc) is 2.36. The minimum atomic E-state index is -0.712. The van der Waals surface area contributed by atoms with Crippen LogP contribution in [0.1, 0.15) is 27.2 Å². The predicted octanol–water partition coefficient (Wildman–Crippen LogP) is 1.67. The first kappa shape index (κ1) is 18.6. The quantitative estimate of drug-likeness (QED) is 0.723. The Kier molecular flexibility index (Phi) is 8.13. The molecule has 0 aliphatic heterocycles. The van der Waals surface area contributed by atoms with E-state index in [4.69, 9.17) is 9.47 Å². The number of hydrogen-bond acceptors (Lipinski definition) is 5. The van der Waals surface area contributed by atoms with Crippen molar-refractivity contribution < 1.29 is 28.2 Å². The van der Waals surface area contributed by atoms with Gasteiger partial charge in [-0.3, -0.25) is 4.79 Å². The van der Waals surface area contributed by atoms with Gasteiger partial charge in [0.15, 0.2) is 0 Å². The maximum absolute atomic E-state index is 12.6. The highest BCUT2D eigenvalue weighted by Crippen LogP contribution is 2.12. The van der Waals surface area contributed by atoms with Gasteiger partial charge in [0.05, 0.1) is 19.1 Å². The highest BCUT2D eigenvalue weighted by atomic mass is 19.1. The van der Waals surface area contributed by atoms with Crippen LogP contribution < -0.4 is 5.32 Å². The largest absolute Gasteiger partial charge is 0.469 e. The minimum Gasteiger partial charge on any atom is -0.469 e. The van der Waals surface area contributed by atoms with Crippen molar-refractivity contribution in [2.75, 3.05) is 27.4 Å². The van der Waals surface area contributed by atoms with Crippen LogP contribution in [0.5, 0.6) is 0 Å². The second kappa shape index (κ2) is 8.73. The Hall–Kier alpha value is -1.37. The molecule has 0 aliphatic carbocycles. The molecule has 0 rings (SSSR count). The summed E-state index contributed by atoms with van der Waals surface area (Å²) in [6.07, 6.45) is -1.23. The summed E-state index contributed by atoms with van der Waals surface area (Å²) in [5.41, 5.74) is -0.626. The van der Waals surface area contributed by atoms with Crippen LogP contribution in [0, 0.1) is 5.92 Å². The second-order valence-corrected chi connectivity index (χ2v) is 5.35. The summed E-state index contributed by atoms with van der Waals surface area (Å²) >= 11 is 0. The van der Waals surface area contributed by atoms with E-state index in [9.17, 15) is 14.0 Å². The van der Waals surface area contributed by atoms with E-state index in [1.54, 1.807) is 20.8 Å². The third kappa shape index (κ3) is 7.93. The van der Waals surface area contributed by atoms with Crippen molar-refractivity contribution in [1.29, 1.82) is 0 Å². The van der Waals surface area contributed by atoms with Crippen molar-refractivity contribution in [2.45, 2.75) is 38.9 Å². The SMILES string of the molecule is COC(=O)C(CNC(=O)OC(C)(C)C)CC(CF)OC. The summed E-state index contributed by atoms with van der Waals surface area (Å²) in [4.78, 5) is 23.1. The molecule has 1 N–H and O–H groups in total. The Labute approximate surface area is 118 Å². The summed E-state index contributed by atoms with van der Waals surface area (Å²) < 4.78 is 27.2. The van der Waals surface area contributed by atoms with E-state index in [-0.39, 0.29) is 13.0 Å². The van der Waals surface area contributed by atoms with Crippen molar-refractivity contribution >= 4 is 12.1 Å². The maximum atomic E-state index is 12.6. The first-order chi connectivity index (χ1) is 9.23. The molecule has 0 spiro atoms. The number of carbonyl (C=O) groups excluding carboxylic acids is 2. The van der Waals surface area contributed by atoms with Gasteiger partial charge in [0, 0.05) is 13.7 Å². The topological polar surface area (TPSA) is 73.9 Å². The van der Waals surface area contributed by atoms with Crippen LogP contribution in [0.3, 0.4) is 0 Å². The number of alkyl halides is 1. The molecule has 7 heteroatoms. The number of methoxy groups -OCH3 is 2. The third-order valence-corrected chi connectivity index (χ3v) is 2.48. The number of ether oxygens (including phenoxy) is 3. The zero-order valence-electron chi connectivity index (χ0n) is 12.7. The van der Waals surface area contributed by atoms with Crippen LogP contribution in [0.25, 0.3) is 0 Å². The van der Waals surface area contributed by atoms with Gasteiger partial charge in [-0.25, -0.2) is 9.18 Å². The molecule has 0 saturated heterocycles. The molecule has 0 aromatic heterocycles. The van der Waals surface area contributed by atoms with Crippen molar-refractivity contribution in [2.24, 2.45) is 5.92 Å². The summed E-state index contributed by atoms with van der Waals surface area (Å²) in [5.74, 6) is -1.22. The maximum Gasteiger partial charge on any atom is 0.407 e. The molecule has 0 aliphatic rings. The Bertz CT molecular complexity index is 312. The van der Waals surface area contributed by atoms with Gasteiger partial charge in [-0.2, -0.15) is 0 Å². The molecule has 20 heavy (non-hydrogen) atoms. The molecule has 1 amide bonds. The van der Waals surface area contributed by atoms with Crippen molar-refractivity contribution in [3.8, 4) is 0 Å². The first-order valence-corrected chi connectivity index (χ1v) is 6.37. The van der Waals surface area contributed by atoms with Gasteiger partial charge >= 0.3 is 12.1 Å². The molecular formula is C13H24FNO5. The lowest BCUT2D eigenvalue weighted by atomic mass is 10.0. The zero-order valence-corrected chi connectivity index (χ0v) is 12.7. The van der Waals surface area contributed by atoms with Gasteiger partial charge in [0.25, 0.3) is 0 Å². The Morgan fingerprint density at radius 2 is 1.85 bits per heavy atom. The average molecular weight is 293 g/mol. The summed E-state index contributed by atoms with van der Waals surface area (Å²) in [6.45, 7) is 4.48. The lowest BCUT2D eigenvalue weighted by Crippen LogP contribution is -2.39. The third-order valence-electron chi connectivity index (χ3n) is 2.48. The highest BCUT2D eigenvalue weighted by Gasteiger charge is 2.25. The summed E-state index contributed by atoms with van der Waals surface area (Å²) in [5, 5.41) is 2.47. The van der Waals surface area contributed by atoms with E-state index >= 15 is 0 Å². The Morgan fingerprint density at radius 1 is 1.25 bits per heavy atom. The van der Waals surface area contributed by atoms with Crippen molar-refractivity contribution in [3.63, 3.8) is 0 Å². The molecule has 0 aromatic carbocycles. The lowest BCUT2D eigenvalue weighted by molar-refractivity contribution is -0.146. The molecule has 2 atom stereocenters. The molecule has 0 bridgehead atoms. The van der Waals surface area contributed by atoms with Gasteiger partial charge < -0.3 is 19.5 Å². The number of esters is 1. The van der Waals surface area contributed by atoms with E-state index in [1.807, 2.05) is 0 Å². The summed E-state index contributed by atoms with van der Waals surface area (Å²) in [6, 6.07) is 0. The normalized spacial score (nSPS) is 14.3. The monoisotopic (exact) mass is 293 g/mol. The second-order valence-electron chi connectivity index (χ2n) is 5.35. The molecule has 0 radical (unpaired) electrons. The highest BCUT2D eigenvalue weighted by molar-refractivity contribution is 5.74. The number of halogens is 1. The molecule has 0 fully saturated rings. The first-order valence-electron chi connectivity index (χ1n) is 6.37. The molecule has 0 heterocycles. The molecule has 2 unspecified atom stereocenters. The molecule has 6 nitrogen and oxygen atoms in total. The smallest absolute Gasteiger partial charge is 0.407 e. The van der Waals surface area contributed by atoms with E-state index in [1.165, 1.54) is 14.2 Å². The molecule has 0 aromatic rings. The van der Waals surface area contributed by atoms with E-state index in [2.05, 4.69) is 10.1 Å². The standard InChI is InChI=1S/C13H24FNO5/c1-13(2,3)20-12(17)15-8-9(11(16)19-5)6-10(7-14)18-4/h9-10H,6-8H2,1-5H3,(H,15,17). The van der Waals surface area contributed by atoms with E-state index in [0.29, 0.717) is 0 Å². The van der Waals surface area contributed by atoms with E-state index in [0.717, 1.165) is 0 Å². The minimum absolute atomic E-state index is 0.00144. The molecular weight excluding hydrogens is 269 g/mol. The van der Waals surface area contributed by atoms with Crippen LogP contribution in [0.15, 0.2) is 0 Å². The number of alkyl carbamates (subject to hydrolysis) is 1. The van der Waals surface area contributed by atoms with Crippen molar-refractivity contribution in [1.82, 2.24) is 5.32 Å². The van der Waals surface area contributed by atoms with Crippen LogP contribution >= 0.6 is 0 Å². The lowest BCUT2D eigenvalue weighted by Gasteiger charge is -2.22. The van der Waals surface area contributed by atoms with Crippen LogP contribution in [0.4, 0.5) is 9.18 Å². The number of nitrogens with one attached hydrogen (secondary N) is 1. The Balaban J connectivity index is 4.44. The number of hydrogen-bond donors (Lipinski definition) is 1. The fourth-order valence-corrected chi connectivity index (χ4v) is 1.49. The number of carbonyl (C=O) groups is 2. The van der Waals surface area contributed by atoms with Gasteiger partial charge in [-0.15, -0.1) is 0 Å². The zero-order chi connectivity index (χ0) is 15.8. The molecule has 118 valence electrons. The fourth-order valence-electron chi connectivity index (χ4n) is 1.49. The molecule has 0 saturated carbocycles. The van der Waals surface area contributed by atoms with Crippen LogP contribution in [-0.4, -0.2) is 51.2 Å². The number of amides is 1. The fraction of sp³-hybridized carbons (Fsp3) is 0.846. The van der Waals surface area contributed by atoms with Crippen molar-refractivity contribution in [3.05, 3.63) is 0 Å². The number of rotatable bonds is 7. The van der Waals surface area contributed by atoms with Gasteiger partial charge in [-0.05, 0) is 27.2 Å². The predicted molar refractivity (Wildman–Crippen MR) is 71.1 cm³/mol. The van der Waals surface area contributed by atoms with Crippen LogP contribution in [0.2, 0.25) is 0 Å². The summed E-state index contributed by atoms with van der Waals surface area (Å²) in [7, 11) is 2.60. The van der Waals surface area contributed by atoms with Gasteiger partial charge in [-0.1, -0.05) is 0 Å². The van der Waals surface area contributed by atoms with Gasteiger partial charge in [0.1, 0.15) is 12.3 Å². The van der Waals surface area contributed by atoms with Gasteiger partial charge in [0.2, 0.25) is 0 Å². The van der Waals surface area contributed by atoms with Crippen LogP contribution in [-0.2, 0) is 19.0 Å². The van der Waals surface area contributed by atoms with E-state index < -0.39 is 36.4 Å². The Morgan fingerprint density at radius 3 is 2.25 bits per heavy atom.